The van der Waals surface area contributed by atoms with Crippen molar-refractivity contribution in [1.29, 1.82) is 0 Å². The van der Waals surface area contributed by atoms with Crippen LogP contribution in [-0.2, 0) is 28.8 Å². The van der Waals surface area contributed by atoms with Crippen molar-refractivity contribution in [3.05, 3.63) is 0 Å². The molecule has 14 nitrogen and oxygen atoms in total. The fourth-order valence-electron chi connectivity index (χ4n) is 2.54. The molecule has 32 heavy (non-hydrogen) atoms. The Morgan fingerprint density at radius 1 is 0.844 bits per heavy atom. The van der Waals surface area contributed by atoms with Crippen molar-refractivity contribution < 1.29 is 44.1 Å². The van der Waals surface area contributed by atoms with Crippen LogP contribution in [0, 0.1) is 5.92 Å². The zero-order valence-corrected chi connectivity index (χ0v) is 18.0. The van der Waals surface area contributed by atoms with E-state index in [0.29, 0.717) is 0 Å². The molecule has 182 valence electrons. The summed E-state index contributed by atoms with van der Waals surface area (Å²) >= 11 is 0. The lowest BCUT2D eigenvalue weighted by molar-refractivity contribution is -0.145. The molecule has 5 unspecified atom stereocenters. The molecule has 0 spiro atoms. The van der Waals surface area contributed by atoms with E-state index in [2.05, 4.69) is 16.0 Å². The third kappa shape index (κ3) is 10.2. The molecular formula is C18H31N5O9. The van der Waals surface area contributed by atoms with Gasteiger partial charge in [-0.05, 0) is 19.3 Å². The molecule has 0 aromatic heterocycles. The van der Waals surface area contributed by atoms with Crippen molar-refractivity contribution in [3.8, 4) is 0 Å². The monoisotopic (exact) mass is 461 g/mol. The van der Waals surface area contributed by atoms with Gasteiger partial charge in [-0.2, -0.15) is 0 Å². The Balaban J connectivity index is 5.49. The molecule has 0 rings (SSSR count). The zero-order valence-electron chi connectivity index (χ0n) is 18.0. The summed E-state index contributed by atoms with van der Waals surface area (Å²) < 4.78 is 0. The van der Waals surface area contributed by atoms with Crippen molar-refractivity contribution in [2.75, 3.05) is 0 Å². The molecule has 0 aliphatic heterocycles. The first-order chi connectivity index (χ1) is 14.7. The van der Waals surface area contributed by atoms with Crippen LogP contribution in [0.4, 0.5) is 0 Å². The fourth-order valence-corrected chi connectivity index (χ4v) is 2.54. The number of primary amides is 1. The summed E-state index contributed by atoms with van der Waals surface area (Å²) in [6.07, 6.45) is -2.69. The second-order valence-electron chi connectivity index (χ2n) is 7.57. The van der Waals surface area contributed by atoms with Crippen LogP contribution >= 0.6 is 0 Å². The number of aliphatic carboxylic acids is 2. The highest BCUT2D eigenvalue weighted by Gasteiger charge is 2.33. The van der Waals surface area contributed by atoms with E-state index < -0.39 is 78.2 Å². The number of nitrogens with two attached hydrogens (primary N) is 2. The van der Waals surface area contributed by atoms with E-state index in [1.165, 1.54) is 0 Å². The summed E-state index contributed by atoms with van der Waals surface area (Å²) in [7, 11) is 0. The van der Waals surface area contributed by atoms with Gasteiger partial charge in [0.25, 0.3) is 0 Å². The lowest BCUT2D eigenvalue weighted by Crippen LogP contribution is -2.59. The average Bonchev–Trinajstić information content (AvgIpc) is 2.65. The minimum atomic E-state index is -1.62. The average molecular weight is 461 g/mol. The van der Waals surface area contributed by atoms with E-state index in [1.807, 2.05) is 0 Å². The van der Waals surface area contributed by atoms with E-state index in [4.69, 9.17) is 21.7 Å². The summed E-state index contributed by atoms with van der Waals surface area (Å²) in [6.45, 7) is 4.28. The van der Waals surface area contributed by atoms with Crippen molar-refractivity contribution in [2.24, 2.45) is 17.4 Å². The number of aliphatic hydroxyl groups excluding tert-OH is 1. The molecule has 0 saturated heterocycles. The van der Waals surface area contributed by atoms with Crippen LogP contribution in [-0.4, -0.2) is 81.2 Å². The molecule has 0 bridgehead atoms. The number of carboxylic acid groups (broad SMARTS) is 2. The molecule has 4 amide bonds. The first kappa shape index (κ1) is 28.7. The van der Waals surface area contributed by atoms with Gasteiger partial charge in [-0.25, -0.2) is 4.79 Å². The number of amides is 4. The van der Waals surface area contributed by atoms with Crippen LogP contribution in [0.5, 0.6) is 0 Å². The third-order valence-corrected chi connectivity index (χ3v) is 4.34. The van der Waals surface area contributed by atoms with Gasteiger partial charge in [0.15, 0.2) is 6.04 Å². The smallest absolute Gasteiger partial charge is 0.328 e. The van der Waals surface area contributed by atoms with Gasteiger partial charge in [0, 0.05) is 6.42 Å². The Morgan fingerprint density at radius 3 is 1.78 bits per heavy atom. The Kier molecular flexibility index (Phi) is 11.9. The SMILES string of the molecule is CC(C)C(NC(=O)C(CCC(N)=O)NC(=O)C(N)CC(=O)O)C(=O)NC(C(=O)O)C(C)O. The van der Waals surface area contributed by atoms with Gasteiger partial charge in [-0.15, -0.1) is 0 Å². The minimum Gasteiger partial charge on any atom is -0.481 e. The topological polar surface area (TPSA) is 251 Å². The molecule has 0 radical (unpaired) electrons. The van der Waals surface area contributed by atoms with Crippen molar-refractivity contribution in [1.82, 2.24) is 16.0 Å². The maximum Gasteiger partial charge on any atom is 0.328 e. The first-order valence-electron chi connectivity index (χ1n) is 9.75. The standard InChI is InChI=1S/C18H31N5O9/c1-7(2)13(17(30)23-14(8(3)24)18(31)32)22-16(29)10(4-5-11(20)25)21-15(28)9(19)6-12(26)27/h7-10,13-14,24H,4-6,19H2,1-3H3,(H2,20,25)(H,21,28)(H,22,29)(H,23,30)(H,26,27)(H,31,32). The Bertz CT molecular complexity index is 726. The summed E-state index contributed by atoms with van der Waals surface area (Å²) in [4.78, 5) is 70.4. The van der Waals surface area contributed by atoms with E-state index in [-0.39, 0.29) is 12.8 Å². The lowest BCUT2D eigenvalue weighted by atomic mass is 10.0. The second-order valence-corrected chi connectivity index (χ2v) is 7.57. The maximum absolute atomic E-state index is 12.7. The highest BCUT2D eigenvalue weighted by Crippen LogP contribution is 2.07. The summed E-state index contributed by atoms with van der Waals surface area (Å²) in [5, 5.41) is 34.1. The number of aliphatic hydroxyl groups is 1. The molecule has 0 saturated carbocycles. The summed E-state index contributed by atoms with van der Waals surface area (Å²) in [6, 6.07) is -5.73. The Labute approximate surface area is 184 Å². The van der Waals surface area contributed by atoms with Gasteiger partial charge < -0.3 is 42.7 Å². The van der Waals surface area contributed by atoms with Crippen LogP contribution < -0.4 is 27.4 Å². The van der Waals surface area contributed by atoms with Crippen LogP contribution in [0.3, 0.4) is 0 Å². The highest BCUT2D eigenvalue weighted by atomic mass is 16.4. The number of hydrogen-bond acceptors (Lipinski definition) is 8. The first-order valence-corrected chi connectivity index (χ1v) is 9.75. The number of carbonyl (C=O) groups excluding carboxylic acids is 4. The molecule has 5 atom stereocenters. The summed E-state index contributed by atoms with van der Waals surface area (Å²) in [5.74, 6) is -6.91. The molecule has 0 heterocycles. The molecule has 0 fully saturated rings. The second kappa shape index (κ2) is 13.2. The lowest BCUT2D eigenvalue weighted by Gasteiger charge is -2.27. The van der Waals surface area contributed by atoms with Gasteiger partial charge >= 0.3 is 11.9 Å². The quantitative estimate of drug-likeness (QED) is 0.127. The van der Waals surface area contributed by atoms with Crippen LogP contribution in [0.2, 0.25) is 0 Å². The van der Waals surface area contributed by atoms with Gasteiger partial charge in [0.2, 0.25) is 23.6 Å². The van der Waals surface area contributed by atoms with Crippen molar-refractivity contribution >= 4 is 35.6 Å². The van der Waals surface area contributed by atoms with E-state index in [0.717, 1.165) is 6.92 Å². The van der Waals surface area contributed by atoms with Crippen molar-refractivity contribution in [2.45, 2.75) is 70.3 Å². The molecule has 0 aromatic carbocycles. The van der Waals surface area contributed by atoms with Gasteiger partial charge in [-0.1, -0.05) is 13.8 Å². The van der Waals surface area contributed by atoms with Crippen molar-refractivity contribution in [3.63, 3.8) is 0 Å². The summed E-state index contributed by atoms with van der Waals surface area (Å²) in [5.41, 5.74) is 10.5. The Morgan fingerprint density at radius 2 is 1.38 bits per heavy atom. The fraction of sp³-hybridized carbons (Fsp3) is 0.667. The van der Waals surface area contributed by atoms with Crippen LogP contribution in [0.15, 0.2) is 0 Å². The van der Waals surface area contributed by atoms with Gasteiger partial charge in [0.05, 0.1) is 18.6 Å². The normalized spacial score (nSPS) is 15.6. The van der Waals surface area contributed by atoms with Crippen LogP contribution in [0.25, 0.3) is 0 Å². The number of nitrogens with one attached hydrogen (secondary N) is 3. The van der Waals surface area contributed by atoms with E-state index >= 15 is 0 Å². The zero-order chi connectivity index (χ0) is 25.2. The molecule has 14 heteroatoms. The number of carboxylic acids is 2. The third-order valence-electron chi connectivity index (χ3n) is 4.34. The molecule has 0 aliphatic rings. The number of carbonyl (C=O) groups is 6. The largest absolute Gasteiger partial charge is 0.481 e. The minimum absolute atomic E-state index is 0.259. The number of rotatable bonds is 14. The maximum atomic E-state index is 12.7. The van der Waals surface area contributed by atoms with Gasteiger partial charge in [0.1, 0.15) is 12.1 Å². The predicted molar refractivity (Wildman–Crippen MR) is 109 cm³/mol. The molecule has 0 aliphatic carbocycles. The number of hydrogen-bond donors (Lipinski definition) is 8. The van der Waals surface area contributed by atoms with Crippen LogP contribution in [0.1, 0.15) is 40.0 Å². The molecule has 0 aromatic rings. The Hall–Kier alpha value is -3.26. The predicted octanol–water partition coefficient (Wildman–Crippen LogP) is -3.37. The van der Waals surface area contributed by atoms with E-state index in [9.17, 15) is 33.9 Å². The molecular weight excluding hydrogens is 430 g/mol. The van der Waals surface area contributed by atoms with E-state index in [1.54, 1.807) is 13.8 Å². The highest BCUT2D eigenvalue weighted by molar-refractivity contribution is 5.95. The van der Waals surface area contributed by atoms with Gasteiger partial charge in [-0.3, -0.25) is 24.0 Å². The molecule has 10 N–H and O–H groups in total.